The molecule has 2 aromatic heterocycles. The first-order chi connectivity index (χ1) is 17.8. The molecule has 0 spiro atoms. The van der Waals surface area contributed by atoms with Crippen molar-refractivity contribution in [3.63, 3.8) is 0 Å². The topological polar surface area (TPSA) is 63.7 Å². The zero-order chi connectivity index (χ0) is 26.4. The number of azo groups is 2. The minimum atomic E-state index is 0. The summed E-state index contributed by atoms with van der Waals surface area (Å²) in [5.41, 5.74) is 6.55. The molecular formula is C27H34Br2N8S2. The Kier molecular flexibility index (Phi) is 12.8. The van der Waals surface area contributed by atoms with E-state index in [0.29, 0.717) is 0 Å². The van der Waals surface area contributed by atoms with E-state index in [4.69, 9.17) is 0 Å². The fourth-order valence-corrected chi connectivity index (χ4v) is 5.45. The Labute approximate surface area is 259 Å². The van der Waals surface area contributed by atoms with Gasteiger partial charge >= 0.3 is 10.3 Å². The summed E-state index contributed by atoms with van der Waals surface area (Å²) in [6.45, 7) is 6.17. The summed E-state index contributed by atoms with van der Waals surface area (Å²) in [6, 6.07) is 12.5. The van der Waals surface area contributed by atoms with Gasteiger partial charge in [0, 0.05) is 49.3 Å². The number of nitrogens with zero attached hydrogens (tertiary/aromatic N) is 8. The van der Waals surface area contributed by atoms with Crippen LogP contribution in [-0.2, 0) is 14.1 Å². The van der Waals surface area contributed by atoms with Gasteiger partial charge in [0.1, 0.15) is 23.8 Å². The van der Waals surface area contributed by atoms with Gasteiger partial charge in [0.05, 0.1) is 24.3 Å². The van der Waals surface area contributed by atoms with Crippen LogP contribution in [0.1, 0.15) is 17.5 Å². The highest BCUT2D eigenvalue weighted by atomic mass is 79.9. The normalized spacial score (nSPS) is 11.0. The molecule has 0 saturated carbocycles. The van der Waals surface area contributed by atoms with Gasteiger partial charge in [-0.25, -0.2) is 9.13 Å². The minimum absolute atomic E-state index is 0. The lowest BCUT2D eigenvalue weighted by atomic mass is 10.1. The monoisotopic (exact) mass is 692 g/mol. The first-order valence-corrected chi connectivity index (χ1v) is 13.9. The first-order valence-electron chi connectivity index (χ1n) is 12.1. The minimum Gasteiger partial charge on any atom is -1.00 e. The third-order valence-electron chi connectivity index (χ3n) is 6.19. The Balaban J connectivity index is 0.00000267. The van der Waals surface area contributed by atoms with Gasteiger partial charge < -0.3 is 43.8 Å². The van der Waals surface area contributed by atoms with E-state index in [9.17, 15) is 0 Å². The van der Waals surface area contributed by atoms with E-state index in [0.717, 1.165) is 41.1 Å². The second-order valence-electron chi connectivity index (χ2n) is 9.13. The second-order valence-corrected chi connectivity index (χ2v) is 10.9. The van der Waals surface area contributed by atoms with Crippen molar-refractivity contribution < 1.29 is 43.1 Å². The largest absolute Gasteiger partial charge is 1.00 e. The summed E-state index contributed by atoms with van der Waals surface area (Å²) in [5, 5.41) is 23.3. The smallest absolute Gasteiger partial charge is 0.408 e. The Bertz CT molecular complexity index is 1310. The molecule has 0 amide bonds. The van der Waals surface area contributed by atoms with E-state index in [2.05, 4.69) is 82.5 Å². The van der Waals surface area contributed by atoms with E-state index < -0.39 is 0 Å². The number of hydrogen-bond acceptors (Lipinski definition) is 8. The van der Waals surface area contributed by atoms with Crippen molar-refractivity contribution in [1.82, 2.24) is 0 Å². The van der Waals surface area contributed by atoms with Crippen LogP contribution >= 0.6 is 22.7 Å². The van der Waals surface area contributed by atoms with E-state index in [1.165, 1.54) is 22.5 Å². The van der Waals surface area contributed by atoms with E-state index >= 15 is 0 Å². The van der Waals surface area contributed by atoms with Gasteiger partial charge in [-0.15, -0.1) is 0 Å². The molecule has 0 atom stereocenters. The van der Waals surface area contributed by atoms with Crippen molar-refractivity contribution in [1.29, 1.82) is 0 Å². The Morgan fingerprint density at radius 3 is 1.41 bits per heavy atom. The maximum Gasteiger partial charge on any atom is 0.408 e. The fraction of sp³-hybridized carbons (Fsp3) is 0.333. The molecule has 0 fully saturated rings. The number of thiazole rings is 2. The number of halogens is 2. The van der Waals surface area contributed by atoms with Crippen LogP contribution in [0.4, 0.5) is 33.0 Å². The Hall–Kier alpha value is -2.54. The van der Waals surface area contributed by atoms with Gasteiger partial charge in [0.15, 0.2) is 0 Å². The third kappa shape index (κ3) is 8.72. The molecule has 0 N–H and O–H groups in total. The van der Waals surface area contributed by atoms with E-state index in [1.54, 1.807) is 22.7 Å². The quantitative estimate of drug-likeness (QED) is 0.183. The molecule has 0 unspecified atom stereocenters. The molecule has 2 aromatic carbocycles. The van der Waals surface area contributed by atoms with Gasteiger partial charge in [0.2, 0.25) is 0 Å². The Morgan fingerprint density at radius 2 is 1.08 bits per heavy atom. The molecule has 4 rings (SSSR count). The van der Waals surface area contributed by atoms with Crippen molar-refractivity contribution in [3.8, 4) is 0 Å². The molecule has 2 heterocycles. The summed E-state index contributed by atoms with van der Waals surface area (Å²) < 4.78 is 3.93. The molecule has 12 heteroatoms. The summed E-state index contributed by atoms with van der Waals surface area (Å²) in [4.78, 5) is 4.62. The number of benzene rings is 2. The van der Waals surface area contributed by atoms with E-state index in [1.807, 2.05) is 58.5 Å². The van der Waals surface area contributed by atoms with Crippen LogP contribution in [-0.4, -0.2) is 27.2 Å². The molecule has 0 radical (unpaired) electrons. The van der Waals surface area contributed by atoms with Crippen LogP contribution in [0.25, 0.3) is 0 Å². The zero-order valence-electron chi connectivity index (χ0n) is 23.0. The van der Waals surface area contributed by atoms with Crippen LogP contribution in [0.5, 0.6) is 0 Å². The average molecular weight is 695 g/mol. The maximum absolute atomic E-state index is 4.41. The van der Waals surface area contributed by atoms with E-state index in [-0.39, 0.29) is 34.0 Å². The van der Waals surface area contributed by atoms with Crippen molar-refractivity contribution >= 4 is 55.7 Å². The lowest BCUT2D eigenvalue weighted by Gasteiger charge is -2.25. The number of aryl methyl sites for hydroxylation is 4. The van der Waals surface area contributed by atoms with Crippen molar-refractivity contribution in [2.75, 3.05) is 37.0 Å². The number of anilines is 2. The predicted molar refractivity (Wildman–Crippen MR) is 153 cm³/mol. The van der Waals surface area contributed by atoms with Crippen LogP contribution in [0.3, 0.4) is 0 Å². The standard InChI is InChI=1S/C27H34N8S2.2BrH/c1-20-18-22(28-30-26-34(5)14-16-36-26)8-10-24(20)32(3)12-7-13-33(4)25-11-9-23(19-21(25)2)29-31-27-35(6)15-17-37-27;;/h8-11,14-19H,7,12-13H2,1-6H3;2*1H/q+2;;/p-2. The maximum atomic E-state index is 4.41. The van der Waals surface area contributed by atoms with Crippen molar-refractivity contribution in [2.24, 2.45) is 34.6 Å². The Morgan fingerprint density at radius 1 is 0.667 bits per heavy atom. The highest BCUT2D eigenvalue weighted by molar-refractivity contribution is 7.13. The molecule has 39 heavy (non-hydrogen) atoms. The van der Waals surface area contributed by atoms with Gasteiger partial charge in [0.25, 0.3) is 0 Å². The van der Waals surface area contributed by atoms with Crippen LogP contribution in [0, 0.1) is 13.8 Å². The van der Waals surface area contributed by atoms with Gasteiger partial charge in [-0.05, 0) is 101 Å². The molecule has 208 valence electrons. The van der Waals surface area contributed by atoms with Crippen LogP contribution < -0.4 is 52.9 Å². The van der Waals surface area contributed by atoms with Crippen molar-refractivity contribution in [2.45, 2.75) is 20.3 Å². The lowest BCUT2D eigenvalue weighted by molar-refractivity contribution is -0.654. The summed E-state index contributed by atoms with van der Waals surface area (Å²) in [5.74, 6) is 0. The summed E-state index contributed by atoms with van der Waals surface area (Å²) >= 11 is 3.15. The first kappa shape index (κ1) is 32.7. The number of aromatic nitrogens is 2. The summed E-state index contributed by atoms with van der Waals surface area (Å²) in [6.07, 6.45) is 5.00. The summed E-state index contributed by atoms with van der Waals surface area (Å²) in [7, 11) is 8.24. The van der Waals surface area contributed by atoms with Crippen molar-refractivity contribution in [3.05, 3.63) is 70.7 Å². The van der Waals surface area contributed by atoms with Gasteiger partial charge in [-0.2, -0.15) is 0 Å². The fourth-order valence-electron chi connectivity index (χ4n) is 4.09. The van der Waals surface area contributed by atoms with Gasteiger partial charge in [-0.1, -0.05) is 0 Å². The molecule has 0 aliphatic heterocycles. The second kappa shape index (κ2) is 15.3. The molecule has 0 bridgehead atoms. The zero-order valence-corrected chi connectivity index (χ0v) is 27.8. The van der Waals surface area contributed by atoms with Crippen LogP contribution in [0.2, 0.25) is 0 Å². The van der Waals surface area contributed by atoms with Gasteiger partial charge in [-0.3, -0.25) is 0 Å². The average Bonchev–Trinajstić information content (AvgIpc) is 3.48. The number of rotatable bonds is 10. The van der Waals surface area contributed by atoms with Crippen LogP contribution in [0.15, 0.2) is 80.0 Å². The third-order valence-corrected chi connectivity index (χ3v) is 7.87. The predicted octanol–water partition coefficient (Wildman–Crippen LogP) is 0.877. The number of hydrogen-bond donors (Lipinski definition) is 0. The highest BCUT2D eigenvalue weighted by Gasteiger charge is 2.12. The highest BCUT2D eigenvalue weighted by Crippen LogP contribution is 2.28. The molecule has 4 aromatic rings. The molecular weight excluding hydrogens is 660 g/mol. The molecule has 0 aliphatic rings. The lowest BCUT2D eigenvalue weighted by Crippen LogP contribution is -3.00. The SMILES string of the molecule is Cc1cc(N=Nc2scc[n+]2C)ccc1N(C)CCCN(C)c1ccc(N=Nc2scc[n+]2C)cc1C.[Br-].[Br-]. The molecule has 0 aliphatic carbocycles. The molecule has 0 saturated heterocycles. The molecule has 8 nitrogen and oxygen atoms in total.